The first-order valence-electron chi connectivity index (χ1n) is 2.15. The molecule has 1 unspecified atom stereocenters. The number of hydrogen-bond acceptors (Lipinski definition) is 1. The van der Waals surface area contributed by atoms with Crippen LogP contribution in [0.2, 0.25) is 0 Å². The molecular weight excluding hydrogens is 205 g/mol. The summed E-state index contributed by atoms with van der Waals surface area (Å²) in [4.78, 5) is 9.66. The second kappa shape index (κ2) is 4.36. The summed E-state index contributed by atoms with van der Waals surface area (Å²) in [5, 5.41) is 2.60. The fraction of sp³-hybridized carbons (Fsp3) is 0.750. The topological polar surface area (TPSA) is 29.1 Å². The fourth-order valence-corrected chi connectivity index (χ4v) is 0.338. The van der Waals surface area contributed by atoms with Crippen molar-refractivity contribution < 1.29 is 4.79 Å². The average molecular weight is 213 g/mol. The molecule has 0 aromatic heterocycles. The van der Waals surface area contributed by atoms with Gasteiger partial charge in [-0.2, -0.15) is 0 Å². The maximum atomic E-state index is 9.66. The van der Waals surface area contributed by atoms with E-state index in [0.29, 0.717) is 4.05 Å². The predicted octanol–water partition coefficient (Wildman–Crippen LogP) is 0.903. The number of amides is 1. The van der Waals surface area contributed by atoms with Crippen LogP contribution < -0.4 is 5.32 Å². The minimum Gasteiger partial charge on any atom is -0.347 e. The summed E-state index contributed by atoms with van der Waals surface area (Å²) in [6, 6.07) is 0. The molecule has 0 aromatic rings. The second-order valence-corrected chi connectivity index (χ2v) is 2.66. The lowest BCUT2D eigenvalue weighted by Crippen LogP contribution is -2.19. The van der Waals surface area contributed by atoms with E-state index in [1.165, 1.54) is 0 Å². The van der Waals surface area contributed by atoms with Crippen LogP contribution in [0.5, 0.6) is 0 Å². The molecule has 0 aromatic carbocycles. The molecule has 2 nitrogen and oxygen atoms in total. The molecular formula is C4H8INO. The van der Waals surface area contributed by atoms with E-state index >= 15 is 0 Å². The SMILES string of the molecule is CCC(I)NC=O. The van der Waals surface area contributed by atoms with Crippen LogP contribution in [0.4, 0.5) is 0 Å². The Hall–Kier alpha value is 0.200. The summed E-state index contributed by atoms with van der Waals surface area (Å²) in [6.45, 7) is 2.02. The Balaban J connectivity index is 2.98. The summed E-state index contributed by atoms with van der Waals surface area (Å²) in [5.41, 5.74) is 0. The third kappa shape index (κ3) is 4.04. The van der Waals surface area contributed by atoms with Crippen molar-refractivity contribution >= 4 is 29.0 Å². The highest BCUT2D eigenvalue weighted by Gasteiger charge is 1.92. The quantitative estimate of drug-likeness (QED) is 0.321. The van der Waals surface area contributed by atoms with E-state index in [9.17, 15) is 4.79 Å². The van der Waals surface area contributed by atoms with Gasteiger partial charge < -0.3 is 5.32 Å². The summed E-state index contributed by atoms with van der Waals surface area (Å²) in [5.74, 6) is 0. The van der Waals surface area contributed by atoms with Crippen LogP contribution in [-0.4, -0.2) is 10.5 Å². The molecule has 0 spiro atoms. The predicted molar refractivity (Wildman–Crippen MR) is 37.3 cm³/mol. The fourth-order valence-electron chi connectivity index (χ4n) is 0.192. The summed E-state index contributed by atoms with van der Waals surface area (Å²) >= 11 is 2.16. The van der Waals surface area contributed by atoms with Gasteiger partial charge in [0, 0.05) is 0 Å². The molecule has 0 aliphatic rings. The van der Waals surface area contributed by atoms with Gasteiger partial charge in [0.15, 0.2) is 0 Å². The Morgan fingerprint density at radius 1 is 2.00 bits per heavy atom. The molecule has 3 heteroatoms. The number of carbonyl (C=O) groups is 1. The van der Waals surface area contributed by atoms with Crippen molar-refractivity contribution in [2.75, 3.05) is 0 Å². The van der Waals surface area contributed by atoms with Crippen molar-refractivity contribution in [3.63, 3.8) is 0 Å². The Morgan fingerprint density at radius 3 is 2.71 bits per heavy atom. The van der Waals surface area contributed by atoms with E-state index in [1.54, 1.807) is 0 Å². The summed E-state index contributed by atoms with van der Waals surface area (Å²) < 4.78 is 0.301. The van der Waals surface area contributed by atoms with Crippen molar-refractivity contribution in [3.05, 3.63) is 0 Å². The number of halogens is 1. The van der Waals surface area contributed by atoms with Crippen molar-refractivity contribution in [1.29, 1.82) is 0 Å². The van der Waals surface area contributed by atoms with Gasteiger partial charge in [0.05, 0.1) is 4.05 Å². The molecule has 1 atom stereocenters. The van der Waals surface area contributed by atoms with Crippen LogP contribution in [0, 0.1) is 0 Å². The van der Waals surface area contributed by atoms with Gasteiger partial charge >= 0.3 is 0 Å². The molecule has 0 bridgehead atoms. The van der Waals surface area contributed by atoms with Gasteiger partial charge in [-0.3, -0.25) is 4.79 Å². The van der Waals surface area contributed by atoms with E-state index in [-0.39, 0.29) is 0 Å². The standard InChI is InChI=1S/C4H8INO/c1-2-4(5)6-3-7/h3-4H,2H2,1H3,(H,6,7). The molecule has 0 rings (SSSR count). The highest BCUT2D eigenvalue weighted by atomic mass is 127. The molecule has 42 valence electrons. The van der Waals surface area contributed by atoms with Gasteiger partial charge in [-0.15, -0.1) is 0 Å². The Labute approximate surface area is 56.8 Å². The zero-order valence-corrected chi connectivity index (χ0v) is 6.31. The monoisotopic (exact) mass is 213 g/mol. The minimum atomic E-state index is 0.301. The van der Waals surface area contributed by atoms with Crippen LogP contribution in [0.3, 0.4) is 0 Å². The maximum absolute atomic E-state index is 9.66. The minimum absolute atomic E-state index is 0.301. The van der Waals surface area contributed by atoms with Crippen LogP contribution >= 0.6 is 22.6 Å². The van der Waals surface area contributed by atoms with Crippen molar-refractivity contribution in [2.24, 2.45) is 0 Å². The van der Waals surface area contributed by atoms with Crippen molar-refractivity contribution in [3.8, 4) is 0 Å². The molecule has 0 saturated heterocycles. The van der Waals surface area contributed by atoms with E-state index < -0.39 is 0 Å². The van der Waals surface area contributed by atoms with Gasteiger partial charge in [-0.1, -0.05) is 29.5 Å². The number of rotatable bonds is 3. The number of carbonyl (C=O) groups excluding carboxylic acids is 1. The zero-order valence-electron chi connectivity index (χ0n) is 4.15. The lowest BCUT2D eigenvalue weighted by Gasteiger charge is -2.00. The second-order valence-electron chi connectivity index (χ2n) is 1.16. The molecule has 0 aliphatic heterocycles. The lowest BCUT2D eigenvalue weighted by molar-refractivity contribution is -0.109. The molecule has 0 fully saturated rings. The number of hydrogen-bond donors (Lipinski definition) is 1. The van der Waals surface area contributed by atoms with E-state index in [2.05, 4.69) is 27.9 Å². The third-order valence-electron chi connectivity index (χ3n) is 0.607. The molecule has 1 N–H and O–H groups in total. The molecule has 0 radical (unpaired) electrons. The Morgan fingerprint density at radius 2 is 2.57 bits per heavy atom. The highest BCUT2D eigenvalue weighted by Crippen LogP contribution is 1.97. The van der Waals surface area contributed by atoms with Crippen molar-refractivity contribution in [2.45, 2.75) is 17.4 Å². The number of alkyl halides is 1. The van der Waals surface area contributed by atoms with E-state index in [0.717, 1.165) is 12.8 Å². The van der Waals surface area contributed by atoms with Crippen LogP contribution in [0.1, 0.15) is 13.3 Å². The Kier molecular flexibility index (Phi) is 4.49. The van der Waals surface area contributed by atoms with Crippen LogP contribution in [0.15, 0.2) is 0 Å². The van der Waals surface area contributed by atoms with Crippen molar-refractivity contribution in [1.82, 2.24) is 5.32 Å². The smallest absolute Gasteiger partial charge is 0.207 e. The first-order chi connectivity index (χ1) is 3.31. The van der Waals surface area contributed by atoms with Gasteiger partial charge in [-0.05, 0) is 6.42 Å². The number of nitrogens with one attached hydrogen (secondary N) is 1. The van der Waals surface area contributed by atoms with Gasteiger partial charge in [-0.25, -0.2) is 0 Å². The van der Waals surface area contributed by atoms with Crippen LogP contribution in [0.25, 0.3) is 0 Å². The first-order valence-corrected chi connectivity index (χ1v) is 3.39. The normalized spacial score (nSPS) is 12.9. The average Bonchev–Trinajstić information content (AvgIpc) is 1.68. The van der Waals surface area contributed by atoms with E-state index in [1.807, 2.05) is 6.92 Å². The molecule has 0 saturated carbocycles. The summed E-state index contributed by atoms with van der Waals surface area (Å²) in [6.07, 6.45) is 1.71. The lowest BCUT2D eigenvalue weighted by atomic mass is 10.5. The van der Waals surface area contributed by atoms with Gasteiger partial charge in [0.25, 0.3) is 0 Å². The van der Waals surface area contributed by atoms with Crippen LogP contribution in [-0.2, 0) is 4.79 Å². The molecule has 7 heavy (non-hydrogen) atoms. The zero-order chi connectivity index (χ0) is 5.70. The van der Waals surface area contributed by atoms with E-state index in [4.69, 9.17) is 0 Å². The Bertz CT molecular complexity index is 57.7. The maximum Gasteiger partial charge on any atom is 0.207 e. The van der Waals surface area contributed by atoms with Gasteiger partial charge in [0.2, 0.25) is 6.41 Å². The third-order valence-corrected chi connectivity index (χ3v) is 1.85. The summed E-state index contributed by atoms with van der Waals surface area (Å²) in [7, 11) is 0. The highest BCUT2D eigenvalue weighted by molar-refractivity contribution is 14.1. The molecule has 0 heterocycles. The van der Waals surface area contributed by atoms with Gasteiger partial charge in [0.1, 0.15) is 0 Å². The molecule has 0 aliphatic carbocycles. The first kappa shape index (κ1) is 7.20. The largest absolute Gasteiger partial charge is 0.347 e. The molecule has 1 amide bonds.